The van der Waals surface area contributed by atoms with Gasteiger partial charge in [-0.05, 0) is 39.3 Å². The summed E-state index contributed by atoms with van der Waals surface area (Å²) in [6, 6.07) is -0.663. The van der Waals surface area contributed by atoms with Gasteiger partial charge in [-0.3, -0.25) is 9.59 Å². The molecular weight excluding hydrogens is 452 g/mol. The van der Waals surface area contributed by atoms with Crippen molar-refractivity contribution in [3.8, 4) is 0 Å². The Labute approximate surface area is 207 Å². The Bertz CT molecular complexity index is 782. The summed E-state index contributed by atoms with van der Waals surface area (Å²) in [7, 11) is -1.42. The highest BCUT2D eigenvalue weighted by Gasteiger charge is 2.56. The van der Waals surface area contributed by atoms with Gasteiger partial charge in [-0.15, -0.1) is 0 Å². The molecule has 0 radical (unpaired) electrons. The number of amides is 2. The molecule has 3 rings (SSSR count). The number of rotatable bonds is 13. The first kappa shape index (κ1) is 27.4. The lowest BCUT2D eigenvalue weighted by molar-refractivity contribution is -0.134. The molecule has 0 aromatic rings. The Morgan fingerprint density at radius 2 is 1.56 bits per heavy atom. The molecular formula is C25H46N4O4S. The first-order valence-corrected chi connectivity index (χ1v) is 15.3. The summed E-state index contributed by atoms with van der Waals surface area (Å²) in [6.07, 6.45) is 11.7. The molecule has 8 nitrogen and oxygen atoms in total. The van der Waals surface area contributed by atoms with Crippen LogP contribution < -0.4 is 0 Å². The molecule has 0 aliphatic carbocycles. The molecule has 3 atom stereocenters. The van der Waals surface area contributed by atoms with Crippen LogP contribution >= 0.6 is 0 Å². The summed E-state index contributed by atoms with van der Waals surface area (Å²) in [5.41, 5.74) is 0. The molecule has 2 amide bonds. The fourth-order valence-electron chi connectivity index (χ4n) is 6.03. The Balaban J connectivity index is 1.32. The Kier molecular flexibility index (Phi) is 10.2. The molecule has 9 heteroatoms. The molecule has 3 aliphatic rings. The standard InChI is InChI=1S/C25H46N4O4S/c1-4-12-21-24-22(29(25(21)31)34(3,32)33)14-16-28(24)23(30)13-10-8-6-5-7-9-11-15-27-19-17-26(2)18-20-27/h21-22,24H,4-20H2,1-3H3/t21-,22+,24-/m1/s1. The van der Waals surface area contributed by atoms with Crippen LogP contribution in [0.1, 0.15) is 77.6 Å². The summed E-state index contributed by atoms with van der Waals surface area (Å²) < 4.78 is 25.6. The number of unbranched alkanes of at least 4 members (excludes halogenated alkanes) is 6. The van der Waals surface area contributed by atoms with Crippen LogP contribution in [-0.4, -0.2) is 104 Å². The maximum atomic E-state index is 13.0. The molecule has 0 saturated carbocycles. The smallest absolute Gasteiger partial charge is 0.241 e. The minimum atomic E-state index is -3.61. The van der Waals surface area contributed by atoms with Crippen LogP contribution in [0.15, 0.2) is 0 Å². The van der Waals surface area contributed by atoms with Gasteiger partial charge in [0.15, 0.2) is 0 Å². The highest BCUT2D eigenvalue weighted by atomic mass is 32.2. The van der Waals surface area contributed by atoms with Gasteiger partial charge >= 0.3 is 0 Å². The van der Waals surface area contributed by atoms with E-state index in [4.69, 9.17) is 0 Å². The van der Waals surface area contributed by atoms with Gasteiger partial charge in [-0.1, -0.05) is 45.4 Å². The average molecular weight is 499 g/mol. The maximum Gasteiger partial charge on any atom is 0.241 e. The molecule has 0 aromatic carbocycles. The third kappa shape index (κ3) is 6.94. The quantitative estimate of drug-likeness (QED) is 0.363. The molecule has 0 unspecified atom stereocenters. The van der Waals surface area contributed by atoms with Crippen molar-refractivity contribution < 1.29 is 18.0 Å². The number of piperazine rings is 1. The number of likely N-dealkylation sites (tertiary alicyclic amines) is 1. The molecule has 34 heavy (non-hydrogen) atoms. The van der Waals surface area contributed by atoms with E-state index in [2.05, 4.69) is 16.8 Å². The second kappa shape index (κ2) is 12.7. The lowest BCUT2D eigenvalue weighted by Gasteiger charge is -2.32. The zero-order chi connectivity index (χ0) is 24.7. The van der Waals surface area contributed by atoms with Gasteiger partial charge in [0.2, 0.25) is 21.8 Å². The summed E-state index contributed by atoms with van der Waals surface area (Å²) in [5.74, 6) is -0.615. The molecule has 0 N–H and O–H groups in total. The number of hydrogen-bond acceptors (Lipinski definition) is 6. The van der Waals surface area contributed by atoms with Crippen LogP contribution in [0.2, 0.25) is 0 Å². The van der Waals surface area contributed by atoms with Crippen molar-refractivity contribution >= 4 is 21.8 Å². The van der Waals surface area contributed by atoms with E-state index in [1.165, 1.54) is 58.4 Å². The average Bonchev–Trinajstić information content (AvgIpc) is 3.31. The summed E-state index contributed by atoms with van der Waals surface area (Å²) >= 11 is 0. The lowest BCUT2D eigenvalue weighted by atomic mass is 9.94. The summed E-state index contributed by atoms with van der Waals surface area (Å²) in [4.78, 5) is 32.6. The van der Waals surface area contributed by atoms with Crippen molar-refractivity contribution in [2.24, 2.45) is 5.92 Å². The topological polar surface area (TPSA) is 81.2 Å². The van der Waals surface area contributed by atoms with Gasteiger partial charge in [0.25, 0.3) is 0 Å². The molecule has 0 aromatic heterocycles. The molecule has 0 bridgehead atoms. The van der Waals surface area contributed by atoms with Crippen molar-refractivity contribution in [3.63, 3.8) is 0 Å². The van der Waals surface area contributed by atoms with E-state index < -0.39 is 10.0 Å². The van der Waals surface area contributed by atoms with Crippen LogP contribution in [0.5, 0.6) is 0 Å². The highest BCUT2D eigenvalue weighted by Crippen LogP contribution is 2.40. The number of carbonyl (C=O) groups is 2. The zero-order valence-corrected chi connectivity index (χ0v) is 22.4. The largest absolute Gasteiger partial charge is 0.337 e. The Morgan fingerprint density at radius 3 is 2.18 bits per heavy atom. The van der Waals surface area contributed by atoms with E-state index in [0.29, 0.717) is 25.8 Å². The highest BCUT2D eigenvalue weighted by molar-refractivity contribution is 7.88. The first-order valence-electron chi connectivity index (χ1n) is 13.5. The van der Waals surface area contributed by atoms with Crippen molar-refractivity contribution in [3.05, 3.63) is 0 Å². The van der Waals surface area contributed by atoms with Gasteiger partial charge in [-0.2, -0.15) is 0 Å². The SMILES string of the molecule is CCC[C@H]1C(=O)N(S(C)(=O)=O)[C@H]2CCN(C(=O)CCCCCCCCCN3CCN(C)CC3)[C@H]12. The van der Waals surface area contributed by atoms with Crippen LogP contribution in [0, 0.1) is 5.92 Å². The number of hydrogen-bond donors (Lipinski definition) is 0. The summed E-state index contributed by atoms with van der Waals surface area (Å²) in [6.45, 7) is 8.54. The third-order valence-electron chi connectivity index (χ3n) is 7.91. The van der Waals surface area contributed by atoms with Crippen molar-refractivity contribution in [1.29, 1.82) is 0 Å². The predicted molar refractivity (Wildman–Crippen MR) is 135 cm³/mol. The van der Waals surface area contributed by atoms with Gasteiger partial charge in [-0.25, -0.2) is 12.7 Å². The number of carbonyl (C=O) groups excluding carboxylic acids is 2. The fourth-order valence-corrected chi connectivity index (χ4v) is 7.21. The van der Waals surface area contributed by atoms with E-state index in [9.17, 15) is 18.0 Å². The lowest BCUT2D eigenvalue weighted by Crippen LogP contribution is -2.44. The molecule has 3 saturated heterocycles. The number of likely N-dealkylation sites (N-methyl/N-ethyl adjacent to an activating group) is 1. The predicted octanol–water partition coefficient (Wildman–Crippen LogP) is 2.54. The normalized spacial score (nSPS) is 26.4. The molecule has 0 spiro atoms. The minimum absolute atomic E-state index is 0.0870. The van der Waals surface area contributed by atoms with Crippen molar-refractivity contribution in [2.75, 3.05) is 52.6 Å². The van der Waals surface area contributed by atoms with E-state index in [-0.39, 0.29) is 29.8 Å². The Morgan fingerprint density at radius 1 is 0.941 bits per heavy atom. The van der Waals surface area contributed by atoms with Crippen molar-refractivity contribution in [2.45, 2.75) is 89.6 Å². The second-order valence-electron chi connectivity index (χ2n) is 10.6. The first-order chi connectivity index (χ1) is 16.2. The molecule has 3 fully saturated rings. The number of fused-ring (bicyclic) bond motifs is 1. The van der Waals surface area contributed by atoms with Gasteiger partial charge in [0.05, 0.1) is 24.3 Å². The van der Waals surface area contributed by atoms with Crippen LogP contribution in [0.4, 0.5) is 0 Å². The zero-order valence-electron chi connectivity index (χ0n) is 21.6. The molecule has 3 aliphatic heterocycles. The third-order valence-corrected chi connectivity index (χ3v) is 9.07. The van der Waals surface area contributed by atoms with E-state index in [1.807, 2.05) is 11.8 Å². The van der Waals surface area contributed by atoms with Crippen LogP contribution in [0.3, 0.4) is 0 Å². The van der Waals surface area contributed by atoms with Crippen LogP contribution in [-0.2, 0) is 19.6 Å². The molecule has 3 heterocycles. The minimum Gasteiger partial charge on any atom is -0.337 e. The Hall–Kier alpha value is -1.19. The number of sulfonamides is 1. The second-order valence-corrected chi connectivity index (χ2v) is 12.5. The van der Waals surface area contributed by atoms with Crippen LogP contribution in [0.25, 0.3) is 0 Å². The van der Waals surface area contributed by atoms with Gasteiger partial charge in [0.1, 0.15) is 0 Å². The van der Waals surface area contributed by atoms with Gasteiger partial charge in [0, 0.05) is 39.1 Å². The maximum absolute atomic E-state index is 13.0. The van der Waals surface area contributed by atoms with Crippen molar-refractivity contribution in [1.82, 2.24) is 19.0 Å². The van der Waals surface area contributed by atoms with E-state index >= 15 is 0 Å². The van der Waals surface area contributed by atoms with Gasteiger partial charge < -0.3 is 14.7 Å². The summed E-state index contributed by atoms with van der Waals surface area (Å²) in [5, 5.41) is 0. The monoisotopic (exact) mass is 498 g/mol. The van der Waals surface area contributed by atoms with E-state index in [1.54, 1.807) is 0 Å². The fraction of sp³-hybridized carbons (Fsp3) is 0.920. The van der Waals surface area contributed by atoms with E-state index in [0.717, 1.165) is 36.2 Å². The molecule has 196 valence electrons. The number of nitrogens with zero attached hydrogens (tertiary/aromatic N) is 4.